The molecule has 2 aromatic rings. The van der Waals surface area contributed by atoms with Gasteiger partial charge in [-0.25, -0.2) is 4.79 Å². The van der Waals surface area contributed by atoms with Gasteiger partial charge in [-0.15, -0.1) is 0 Å². The van der Waals surface area contributed by atoms with Crippen LogP contribution in [-0.2, 0) is 15.7 Å². The number of aliphatic hydroxyl groups is 1. The van der Waals surface area contributed by atoms with Crippen molar-refractivity contribution in [2.24, 2.45) is 0 Å². The molecule has 2 aromatic carbocycles. The molecule has 0 bridgehead atoms. The van der Waals surface area contributed by atoms with Gasteiger partial charge in [0.1, 0.15) is 24.0 Å². The van der Waals surface area contributed by atoms with Crippen molar-refractivity contribution < 1.29 is 19.4 Å². The highest BCUT2D eigenvalue weighted by Crippen LogP contribution is 2.31. The molecule has 6 heteroatoms. The van der Waals surface area contributed by atoms with Gasteiger partial charge in [-0.1, -0.05) is 57.2 Å². The van der Waals surface area contributed by atoms with Crippen molar-refractivity contribution in [3.63, 3.8) is 0 Å². The Bertz CT molecular complexity index is 1020. The highest BCUT2D eigenvalue weighted by Gasteiger charge is 2.49. The lowest BCUT2D eigenvalue weighted by molar-refractivity contribution is -0.132. The quantitative estimate of drug-likeness (QED) is 0.665. The number of β-amino-alcohol motifs (C(OH)–C–C–N with tert-alkyl or cyclic N) is 1. The van der Waals surface area contributed by atoms with Crippen molar-refractivity contribution in [1.29, 1.82) is 0 Å². The van der Waals surface area contributed by atoms with E-state index in [0.29, 0.717) is 5.56 Å². The van der Waals surface area contributed by atoms with Gasteiger partial charge < -0.3 is 15.2 Å². The van der Waals surface area contributed by atoms with Crippen LogP contribution in [0.4, 0.5) is 4.79 Å². The summed E-state index contributed by atoms with van der Waals surface area (Å²) in [6.07, 6.45) is -1.00. The molecular weight excluding hydrogens is 404 g/mol. The molecule has 1 heterocycles. The zero-order valence-corrected chi connectivity index (χ0v) is 20.1. The minimum absolute atomic E-state index is 0.00743. The molecule has 0 aliphatic carbocycles. The first kappa shape index (κ1) is 23.8. The summed E-state index contributed by atoms with van der Waals surface area (Å²) in [6, 6.07) is 11.2. The summed E-state index contributed by atoms with van der Waals surface area (Å²) in [5.41, 5.74) is 3.77. The molecule has 0 aromatic heterocycles. The van der Waals surface area contributed by atoms with Crippen molar-refractivity contribution in [3.8, 4) is 5.75 Å². The molecule has 0 saturated carbocycles. The Morgan fingerprint density at radius 3 is 2.22 bits per heavy atom. The topological polar surface area (TPSA) is 78.9 Å². The highest BCUT2D eigenvalue weighted by atomic mass is 16.5. The monoisotopic (exact) mass is 438 g/mol. The Balaban J connectivity index is 1.70. The zero-order valence-electron chi connectivity index (χ0n) is 20.1. The van der Waals surface area contributed by atoms with Gasteiger partial charge in [-0.05, 0) is 60.9 Å². The lowest BCUT2D eigenvalue weighted by Gasteiger charge is -2.25. The normalized spacial score (nSPS) is 19.8. The number of hydrogen-bond acceptors (Lipinski definition) is 4. The number of carbonyl (C=O) groups excluding carboxylic acids is 2. The molecule has 3 amide bonds. The summed E-state index contributed by atoms with van der Waals surface area (Å²) in [7, 11) is 0. The summed E-state index contributed by atoms with van der Waals surface area (Å²) in [5.74, 6) is 0.345. The second kappa shape index (κ2) is 8.58. The van der Waals surface area contributed by atoms with Gasteiger partial charge in [0, 0.05) is 0 Å². The average Bonchev–Trinajstić information content (AvgIpc) is 2.94. The Labute approximate surface area is 190 Å². The summed E-state index contributed by atoms with van der Waals surface area (Å²) < 4.78 is 5.85. The Morgan fingerprint density at radius 2 is 1.62 bits per heavy atom. The number of urea groups is 1. The third-order valence-electron chi connectivity index (χ3n) is 6.29. The molecule has 0 radical (unpaired) electrons. The largest absolute Gasteiger partial charge is 0.490 e. The molecule has 1 aliphatic rings. The van der Waals surface area contributed by atoms with E-state index in [-0.39, 0.29) is 24.5 Å². The lowest BCUT2D eigenvalue weighted by Crippen LogP contribution is -2.42. The molecule has 2 N–H and O–H groups in total. The molecule has 1 fully saturated rings. The first-order valence-corrected chi connectivity index (χ1v) is 11.0. The molecule has 172 valence electrons. The van der Waals surface area contributed by atoms with E-state index < -0.39 is 17.7 Å². The van der Waals surface area contributed by atoms with Crippen molar-refractivity contribution in [3.05, 3.63) is 64.2 Å². The molecular formula is C26H34N2O4. The minimum atomic E-state index is -1.17. The van der Waals surface area contributed by atoms with E-state index in [4.69, 9.17) is 4.74 Å². The van der Waals surface area contributed by atoms with E-state index >= 15 is 0 Å². The van der Waals surface area contributed by atoms with Gasteiger partial charge in [-0.2, -0.15) is 0 Å². The third kappa shape index (κ3) is 4.51. The molecule has 32 heavy (non-hydrogen) atoms. The average molecular weight is 439 g/mol. The predicted octanol–water partition coefficient (Wildman–Crippen LogP) is 4.12. The number of aryl methyl sites for hydroxylation is 2. The summed E-state index contributed by atoms with van der Waals surface area (Å²) in [6.45, 7) is 13.8. The fraction of sp³-hybridized carbons (Fsp3) is 0.462. The van der Waals surface area contributed by atoms with Crippen LogP contribution in [0.3, 0.4) is 0 Å². The van der Waals surface area contributed by atoms with Gasteiger partial charge in [-0.3, -0.25) is 9.69 Å². The van der Waals surface area contributed by atoms with Crippen molar-refractivity contribution in [1.82, 2.24) is 10.2 Å². The molecule has 3 rings (SSSR count). The number of carbonyl (C=O) groups is 2. The fourth-order valence-electron chi connectivity index (χ4n) is 3.95. The van der Waals surface area contributed by atoms with Gasteiger partial charge in [0.25, 0.3) is 5.91 Å². The molecule has 0 spiro atoms. The lowest BCUT2D eigenvalue weighted by atomic mass is 9.84. The second-order valence-electron chi connectivity index (χ2n) is 9.92. The fourth-order valence-corrected chi connectivity index (χ4v) is 3.95. The number of aliphatic hydroxyl groups excluding tert-OH is 1. The van der Waals surface area contributed by atoms with Crippen LogP contribution in [0.15, 0.2) is 36.4 Å². The Hall–Kier alpha value is -2.86. The standard InChI is InChI=1S/C26H34N2O4/c1-16-8-9-17(2)22(18(16)3)32-15-21(29)14-28-23(30)26(7,27-24(28)31)20-12-10-19(11-13-20)25(4,5)6/h8-13,21,29H,14-15H2,1-7H3,(H,27,31)/t21-,26+/m1/s1. The van der Waals surface area contributed by atoms with Crippen LogP contribution < -0.4 is 10.1 Å². The van der Waals surface area contributed by atoms with Crippen LogP contribution >= 0.6 is 0 Å². The molecule has 6 nitrogen and oxygen atoms in total. The van der Waals surface area contributed by atoms with Gasteiger partial charge >= 0.3 is 6.03 Å². The summed E-state index contributed by atoms with van der Waals surface area (Å²) >= 11 is 0. The van der Waals surface area contributed by atoms with Gasteiger partial charge in [0.15, 0.2) is 0 Å². The molecule has 1 saturated heterocycles. The van der Waals surface area contributed by atoms with Crippen molar-refractivity contribution >= 4 is 11.9 Å². The second-order valence-corrected chi connectivity index (χ2v) is 9.92. The van der Waals surface area contributed by atoms with E-state index in [1.165, 1.54) is 0 Å². The number of hydrogen-bond donors (Lipinski definition) is 2. The van der Waals surface area contributed by atoms with Crippen molar-refractivity contribution in [2.75, 3.05) is 13.2 Å². The molecule has 0 unspecified atom stereocenters. The molecule has 2 atom stereocenters. The SMILES string of the molecule is Cc1ccc(C)c(OC[C@H](O)CN2C(=O)N[C@@](C)(c3ccc(C(C)(C)C)cc3)C2=O)c1C. The zero-order chi connectivity index (χ0) is 23.8. The van der Waals surface area contributed by atoms with E-state index in [1.54, 1.807) is 6.92 Å². The highest BCUT2D eigenvalue weighted by molar-refractivity contribution is 6.07. The van der Waals surface area contributed by atoms with Crippen LogP contribution in [-0.4, -0.2) is 41.2 Å². The Morgan fingerprint density at radius 1 is 1.03 bits per heavy atom. The van der Waals surface area contributed by atoms with Crippen LogP contribution in [0.25, 0.3) is 0 Å². The first-order valence-electron chi connectivity index (χ1n) is 11.0. The number of amides is 3. The van der Waals surface area contributed by atoms with E-state index in [1.807, 2.05) is 57.2 Å². The maximum absolute atomic E-state index is 13.2. The van der Waals surface area contributed by atoms with Gasteiger partial charge in [0.05, 0.1) is 6.54 Å². The number of rotatable bonds is 6. The maximum atomic E-state index is 13.2. The predicted molar refractivity (Wildman–Crippen MR) is 125 cm³/mol. The Kier molecular flexibility index (Phi) is 6.38. The van der Waals surface area contributed by atoms with Crippen LogP contribution in [0.1, 0.15) is 55.5 Å². The van der Waals surface area contributed by atoms with Crippen LogP contribution in [0, 0.1) is 20.8 Å². The molecule has 1 aliphatic heterocycles. The number of imide groups is 1. The minimum Gasteiger partial charge on any atom is -0.490 e. The summed E-state index contributed by atoms with van der Waals surface area (Å²) in [5, 5.41) is 13.3. The smallest absolute Gasteiger partial charge is 0.325 e. The van der Waals surface area contributed by atoms with Gasteiger partial charge in [0.2, 0.25) is 0 Å². The number of ether oxygens (including phenoxy) is 1. The maximum Gasteiger partial charge on any atom is 0.325 e. The number of nitrogens with zero attached hydrogens (tertiary/aromatic N) is 1. The van der Waals surface area contributed by atoms with E-state index in [9.17, 15) is 14.7 Å². The number of nitrogens with one attached hydrogen (secondary N) is 1. The van der Waals surface area contributed by atoms with E-state index in [0.717, 1.165) is 32.9 Å². The van der Waals surface area contributed by atoms with Crippen LogP contribution in [0.5, 0.6) is 5.75 Å². The van der Waals surface area contributed by atoms with E-state index in [2.05, 4.69) is 26.1 Å². The first-order chi connectivity index (χ1) is 14.8. The summed E-state index contributed by atoms with van der Waals surface area (Å²) in [4.78, 5) is 26.8. The van der Waals surface area contributed by atoms with Crippen LogP contribution in [0.2, 0.25) is 0 Å². The van der Waals surface area contributed by atoms with Crippen molar-refractivity contribution in [2.45, 2.75) is 65.5 Å². The number of benzene rings is 2. The third-order valence-corrected chi connectivity index (χ3v) is 6.29.